The van der Waals surface area contributed by atoms with Crippen molar-refractivity contribution in [1.82, 2.24) is 4.31 Å². The zero-order valence-electron chi connectivity index (χ0n) is 9.32. The molecule has 1 atom stereocenters. The molecule has 0 bridgehead atoms. The van der Waals surface area contributed by atoms with E-state index in [9.17, 15) is 4.79 Å². The third-order valence-corrected chi connectivity index (χ3v) is 3.17. The molecule has 0 aromatic carbocycles. The Hall–Kier alpha value is -0.220. The minimum absolute atomic E-state index is 0.332. The smallest absolute Gasteiger partial charge is 0.321 e. The van der Waals surface area contributed by atoms with Crippen molar-refractivity contribution in [2.75, 3.05) is 13.3 Å². The monoisotopic (exact) mass is 219 g/mol. The van der Waals surface area contributed by atoms with E-state index in [0.717, 1.165) is 19.3 Å². The minimum atomic E-state index is -0.710. The van der Waals surface area contributed by atoms with Gasteiger partial charge in [0.05, 0.1) is 0 Å². The lowest BCUT2D eigenvalue weighted by Gasteiger charge is -2.21. The first-order valence-electron chi connectivity index (χ1n) is 5.13. The molecule has 0 heterocycles. The topological polar surface area (TPSA) is 40.5 Å². The number of unbranched alkanes of at least 4 members (excludes halogenated alkanes) is 3. The highest BCUT2D eigenvalue weighted by Crippen LogP contribution is 2.15. The molecular formula is C10H21NO2S. The molecule has 0 saturated carbocycles. The molecule has 0 aromatic heterocycles. The van der Waals surface area contributed by atoms with Crippen molar-refractivity contribution in [3.63, 3.8) is 0 Å². The number of aliphatic carboxylic acids is 1. The Morgan fingerprint density at radius 1 is 1.43 bits per heavy atom. The molecule has 0 radical (unpaired) electrons. The molecular weight excluding hydrogens is 198 g/mol. The van der Waals surface area contributed by atoms with Crippen LogP contribution in [0.4, 0.5) is 0 Å². The summed E-state index contributed by atoms with van der Waals surface area (Å²) in [6.07, 6.45) is 7.21. The number of carboxylic acids is 1. The molecule has 1 N–H and O–H groups in total. The Morgan fingerprint density at radius 2 is 2.07 bits per heavy atom. The van der Waals surface area contributed by atoms with Crippen molar-refractivity contribution in [3.05, 3.63) is 0 Å². The van der Waals surface area contributed by atoms with Crippen molar-refractivity contribution in [2.45, 2.75) is 45.1 Å². The Balaban J connectivity index is 3.80. The van der Waals surface area contributed by atoms with E-state index in [1.165, 1.54) is 24.8 Å². The lowest BCUT2D eigenvalue weighted by atomic mass is 10.1. The number of hydrogen-bond acceptors (Lipinski definition) is 3. The summed E-state index contributed by atoms with van der Waals surface area (Å²) in [5, 5.41) is 8.98. The maximum Gasteiger partial charge on any atom is 0.321 e. The second kappa shape index (κ2) is 8.12. The van der Waals surface area contributed by atoms with E-state index in [4.69, 9.17) is 5.11 Å². The molecule has 84 valence electrons. The molecule has 0 aliphatic carbocycles. The number of nitrogens with zero attached hydrogens (tertiary/aromatic N) is 1. The van der Waals surface area contributed by atoms with E-state index in [1.807, 2.05) is 17.6 Å². The van der Waals surface area contributed by atoms with E-state index in [2.05, 4.69) is 6.92 Å². The largest absolute Gasteiger partial charge is 0.480 e. The Bertz CT molecular complexity index is 164. The maximum atomic E-state index is 10.9. The lowest BCUT2D eigenvalue weighted by molar-refractivity contribution is -0.141. The van der Waals surface area contributed by atoms with Gasteiger partial charge >= 0.3 is 5.97 Å². The van der Waals surface area contributed by atoms with Crippen molar-refractivity contribution < 1.29 is 9.90 Å². The van der Waals surface area contributed by atoms with Crippen LogP contribution >= 0.6 is 11.9 Å². The van der Waals surface area contributed by atoms with Crippen LogP contribution in [0.5, 0.6) is 0 Å². The molecule has 0 rings (SSSR count). The molecule has 0 aliphatic rings. The quantitative estimate of drug-likeness (QED) is 0.503. The SMILES string of the molecule is CCCCCCC(C(=O)O)N(C)SC. The second-order valence-electron chi connectivity index (χ2n) is 3.43. The van der Waals surface area contributed by atoms with Gasteiger partial charge in [-0.1, -0.05) is 44.6 Å². The summed E-state index contributed by atoms with van der Waals surface area (Å²) in [6.45, 7) is 2.16. The zero-order valence-corrected chi connectivity index (χ0v) is 10.1. The first-order valence-corrected chi connectivity index (χ1v) is 6.31. The molecule has 0 aliphatic heterocycles. The van der Waals surface area contributed by atoms with E-state index in [-0.39, 0.29) is 6.04 Å². The molecule has 1 unspecified atom stereocenters. The average Bonchev–Trinajstić information content (AvgIpc) is 2.16. The molecule has 3 nitrogen and oxygen atoms in total. The summed E-state index contributed by atoms with van der Waals surface area (Å²) in [7, 11) is 1.84. The predicted octanol–water partition coefficient (Wildman–Crippen LogP) is 2.62. The van der Waals surface area contributed by atoms with Crippen LogP contribution in [0.3, 0.4) is 0 Å². The molecule has 0 aromatic rings. The van der Waals surface area contributed by atoms with Crippen LogP contribution in [0.1, 0.15) is 39.0 Å². The van der Waals surface area contributed by atoms with Crippen LogP contribution in [-0.4, -0.2) is 34.7 Å². The maximum absolute atomic E-state index is 10.9. The van der Waals surface area contributed by atoms with Gasteiger partial charge in [-0.05, 0) is 19.7 Å². The van der Waals surface area contributed by atoms with Crippen molar-refractivity contribution in [2.24, 2.45) is 0 Å². The standard InChI is InChI=1S/C10H21NO2S/c1-4-5-6-7-8-9(10(12)13)11(2)14-3/h9H,4-8H2,1-3H3,(H,12,13). The molecule has 0 fully saturated rings. The van der Waals surface area contributed by atoms with Crippen LogP contribution < -0.4 is 0 Å². The van der Waals surface area contributed by atoms with E-state index < -0.39 is 5.97 Å². The molecule has 0 amide bonds. The average molecular weight is 219 g/mol. The highest BCUT2D eigenvalue weighted by molar-refractivity contribution is 7.96. The molecule has 0 spiro atoms. The lowest BCUT2D eigenvalue weighted by Crippen LogP contribution is -2.33. The second-order valence-corrected chi connectivity index (χ2v) is 4.37. The first kappa shape index (κ1) is 13.8. The molecule has 0 saturated heterocycles. The number of carbonyl (C=O) groups is 1. The number of hydrogen-bond donors (Lipinski definition) is 1. The normalized spacial score (nSPS) is 13.1. The van der Waals surface area contributed by atoms with Crippen LogP contribution in [0.2, 0.25) is 0 Å². The van der Waals surface area contributed by atoms with Crippen LogP contribution in [0, 0.1) is 0 Å². The number of rotatable bonds is 8. The van der Waals surface area contributed by atoms with Crippen molar-refractivity contribution in [1.29, 1.82) is 0 Å². The summed E-state index contributed by atoms with van der Waals surface area (Å²) in [6, 6.07) is -0.332. The summed E-state index contributed by atoms with van der Waals surface area (Å²) in [5.74, 6) is -0.710. The number of carboxylic acid groups (broad SMARTS) is 1. The highest BCUT2D eigenvalue weighted by Gasteiger charge is 2.21. The van der Waals surface area contributed by atoms with Crippen LogP contribution in [0.25, 0.3) is 0 Å². The van der Waals surface area contributed by atoms with Gasteiger partial charge in [0.1, 0.15) is 6.04 Å². The van der Waals surface area contributed by atoms with Gasteiger partial charge in [-0.3, -0.25) is 4.79 Å². The van der Waals surface area contributed by atoms with Crippen molar-refractivity contribution in [3.8, 4) is 0 Å². The van der Waals surface area contributed by atoms with Crippen LogP contribution in [0.15, 0.2) is 0 Å². The fourth-order valence-corrected chi connectivity index (χ4v) is 1.80. The van der Waals surface area contributed by atoms with E-state index in [0.29, 0.717) is 0 Å². The Labute approximate surface area is 91.0 Å². The van der Waals surface area contributed by atoms with Gasteiger partial charge in [0.2, 0.25) is 0 Å². The van der Waals surface area contributed by atoms with E-state index in [1.54, 1.807) is 0 Å². The van der Waals surface area contributed by atoms with Gasteiger partial charge in [0.25, 0.3) is 0 Å². The van der Waals surface area contributed by atoms with Gasteiger partial charge in [0, 0.05) is 0 Å². The Kier molecular flexibility index (Phi) is 7.99. The third kappa shape index (κ3) is 5.50. The molecule has 4 heteroatoms. The van der Waals surface area contributed by atoms with Gasteiger partial charge < -0.3 is 5.11 Å². The molecule has 14 heavy (non-hydrogen) atoms. The third-order valence-electron chi connectivity index (χ3n) is 2.34. The van der Waals surface area contributed by atoms with Gasteiger partial charge in [-0.15, -0.1) is 0 Å². The summed E-state index contributed by atoms with van der Waals surface area (Å²) in [4.78, 5) is 10.9. The minimum Gasteiger partial charge on any atom is -0.480 e. The summed E-state index contributed by atoms with van der Waals surface area (Å²) >= 11 is 1.48. The fourth-order valence-electron chi connectivity index (χ4n) is 1.35. The van der Waals surface area contributed by atoms with Gasteiger partial charge in [0.15, 0.2) is 0 Å². The fraction of sp³-hybridized carbons (Fsp3) is 0.900. The van der Waals surface area contributed by atoms with E-state index >= 15 is 0 Å². The van der Waals surface area contributed by atoms with Gasteiger partial charge in [-0.25, -0.2) is 4.31 Å². The number of likely N-dealkylation sites (N-methyl/N-ethyl adjacent to an activating group) is 1. The predicted molar refractivity (Wildman–Crippen MR) is 61.5 cm³/mol. The highest BCUT2D eigenvalue weighted by atomic mass is 32.2. The summed E-state index contributed by atoms with van der Waals surface area (Å²) < 4.78 is 1.81. The van der Waals surface area contributed by atoms with Crippen molar-refractivity contribution >= 4 is 17.9 Å². The zero-order chi connectivity index (χ0) is 11.0. The summed E-state index contributed by atoms with van der Waals surface area (Å²) in [5.41, 5.74) is 0. The van der Waals surface area contributed by atoms with Gasteiger partial charge in [-0.2, -0.15) is 0 Å². The van der Waals surface area contributed by atoms with Crippen LogP contribution in [-0.2, 0) is 4.79 Å². The first-order chi connectivity index (χ1) is 6.63. The Morgan fingerprint density at radius 3 is 2.50 bits per heavy atom.